The van der Waals surface area contributed by atoms with E-state index in [9.17, 15) is 9.50 Å². The summed E-state index contributed by atoms with van der Waals surface area (Å²) in [6, 6.07) is 0. The quantitative estimate of drug-likeness (QED) is 0.647. The molecule has 4 atom stereocenters. The average Bonchev–Trinajstić information content (AvgIpc) is 2.00. The van der Waals surface area contributed by atoms with E-state index >= 15 is 0 Å². The van der Waals surface area contributed by atoms with Gasteiger partial charge in [-0.2, -0.15) is 0 Å². The molecule has 12 heavy (non-hydrogen) atoms. The minimum Gasteiger partial charge on any atom is -0.390 e. The first-order chi connectivity index (χ1) is 5.54. The van der Waals surface area contributed by atoms with Gasteiger partial charge < -0.3 is 5.11 Å². The molecule has 1 fully saturated rings. The van der Waals surface area contributed by atoms with Crippen LogP contribution in [0.3, 0.4) is 0 Å². The van der Waals surface area contributed by atoms with Gasteiger partial charge in [-0.15, -0.1) is 0 Å². The van der Waals surface area contributed by atoms with E-state index in [1.807, 2.05) is 6.92 Å². The zero-order chi connectivity index (χ0) is 9.30. The van der Waals surface area contributed by atoms with Gasteiger partial charge >= 0.3 is 0 Å². The SMILES string of the molecule is CC(C)[C@@H]1CC[C@@H](O)[C@@H](F)[C@H]1C. The first kappa shape index (κ1) is 9.97. The Hall–Kier alpha value is -0.110. The summed E-state index contributed by atoms with van der Waals surface area (Å²) in [6.07, 6.45) is -0.115. The van der Waals surface area contributed by atoms with Crippen molar-refractivity contribution in [1.82, 2.24) is 0 Å². The summed E-state index contributed by atoms with van der Waals surface area (Å²) in [5, 5.41) is 9.27. The van der Waals surface area contributed by atoms with Crippen LogP contribution in [-0.4, -0.2) is 17.4 Å². The molecule has 0 spiro atoms. The summed E-state index contributed by atoms with van der Waals surface area (Å²) in [5.74, 6) is 1.00. The molecule has 1 aliphatic carbocycles. The minimum absolute atomic E-state index is 0.0220. The lowest BCUT2D eigenvalue weighted by Crippen LogP contribution is -2.39. The van der Waals surface area contributed by atoms with Crippen molar-refractivity contribution in [3.05, 3.63) is 0 Å². The lowest BCUT2D eigenvalue weighted by molar-refractivity contribution is -0.0240. The lowest BCUT2D eigenvalue weighted by Gasteiger charge is -2.37. The Kier molecular flexibility index (Phi) is 3.10. The first-order valence-electron chi connectivity index (χ1n) is 4.86. The van der Waals surface area contributed by atoms with Crippen LogP contribution in [0.2, 0.25) is 0 Å². The first-order valence-corrected chi connectivity index (χ1v) is 4.86. The molecule has 0 aliphatic heterocycles. The van der Waals surface area contributed by atoms with Crippen LogP contribution >= 0.6 is 0 Å². The predicted molar refractivity (Wildman–Crippen MR) is 47.6 cm³/mol. The van der Waals surface area contributed by atoms with Gasteiger partial charge in [-0.3, -0.25) is 0 Å². The van der Waals surface area contributed by atoms with Crippen molar-refractivity contribution in [2.24, 2.45) is 17.8 Å². The Morgan fingerprint density at radius 1 is 1.33 bits per heavy atom. The van der Waals surface area contributed by atoms with E-state index in [4.69, 9.17) is 0 Å². The van der Waals surface area contributed by atoms with E-state index in [-0.39, 0.29) is 5.92 Å². The lowest BCUT2D eigenvalue weighted by atomic mass is 9.72. The molecule has 0 aromatic carbocycles. The van der Waals surface area contributed by atoms with Crippen LogP contribution in [-0.2, 0) is 0 Å². The van der Waals surface area contributed by atoms with Gasteiger partial charge in [0.2, 0.25) is 0 Å². The maximum absolute atomic E-state index is 13.3. The van der Waals surface area contributed by atoms with Crippen molar-refractivity contribution in [2.45, 2.75) is 45.9 Å². The average molecular weight is 174 g/mol. The topological polar surface area (TPSA) is 20.2 Å². The van der Waals surface area contributed by atoms with Crippen molar-refractivity contribution >= 4 is 0 Å². The third-order valence-electron chi connectivity index (χ3n) is 3.20. The summed E-state index contributed by atoms with van der Waals surface area (Å²) >= 11 is 0. The number of aliphatic hydroxyl groups is 1. The maximum atomic E-state index is 13.3. The van der Waals surface area contributed by atoms with Crippen LogP contribution in [0.25, 0.3) is 0 Å². The Bertz CT molecular complexity index is 147. The van der Waals surface area contributed by atoms with Crippen molar-refractivity contribution < 1.29 is 9.50 Å². The van der Waals surface area contributed by atoms with E-state index in [1.165, 1.54) is 0 Å². The van der Waals surface area contributed by atoms with Crippen molar-refractivity contribution in [3.63, 3.8) is 0 Å². The zero-order valence-electron chi connectivity index (χ0n) is 8.13. The fraction of sp³-hybridized carbons (Fsp3) is 1.00. The highest BCUT2D eigenvalue weighted by Crippen LogP contribution is 2.36. The molecule has 0 saturated heterocycles. The molecule has 0 amide bonds. The van der Waals surface area contributed by atoms with E-state index in [0.29, 0.717) is 18.3 Å². The third kappa shape index (κ3) is 1.79. The van der Waals surface area contributed by atoms with Gasteiger partial charge in [-0.1, -0.05) is 20.8 Å². The normalized spacial score (nSPS) is 43.5. The molecule has 0 heterocycles. The van der Waals surface area contributed by atoms with E-state index in [0.717, 1.165) is 6.42 Å². The third-order valence-corrected chi connectivity index (χ3v) is 3.20. The fourth-order valence-electron chi connectivity index (χ4n) is 2.31. The molecule has 1 N–H and O–H groups in total. The summed E-state index contributed by atoms with van der Waals surface area (Å²) in [4.78, 5) is 0. The molecule has 0 radical (unpaired) electrons. The molecule has 0 aromatic heterocycles. The number of rotatable bonds is 1. The highest BCUT2D eigenvalue weighted by molar-refractivity contribution is 4.86. The van der Waals surface area contributed by atoms with Crippen LogP contribution in [0.15, 0.2) is 0 Å². The molecule has 0 aromatic rings. The smallest absolute Gasteiger partial charge is 0.129 e. The van der Waals surface area contributed by atoms with Crippen molar-refractivity contribution in [3.8, 4) is 0 Å². The van der Waals surface area contributed by atoms with Crippen LogP contribution in [0.1, 0.15) is 33.6 Å². The number of halogens is 1. The molecular formula is C10H19FO. The molecule has 1 rings (SSSR count). The summed E-state index contributed by atoms with van der Waals surface area (Å²) in [5.41, 5.74) is 0. The molecule has 0 unspecified atom stereocenters. The fourth-order valence-corrected chi connectivity index (χ4v) is 2.31. The minimum atomic E-state index is -1.01. The maximum Gasteiger partial charge on any atom is 0.129 e. The number of alkyl halides is 1. The Labute approximate surface area is 74.0 Å². The largest absolute Gasteiger partial charge is 0.390 e. The summed E-state index contributed by atoms with van der Waals surface area (Å²) < 4.78 is 13.3. The van der Waals surface area contributed by atoms with Crippen molar-refractivity contribution in [2.75, 3.05) is 0 Å². The Morgan fingerprint density at radius 3 is 2.42 bits per heavy atom. The number of hydrogen-bond acceptors (Lipinski definition) is 1. The number of hydrogen-bond donors (Lipinski definition) is 1. The van der Waals surface area contributed by atoms with Gasteiger partial charge in [-0.25, -0.2) is 4.39 Å². The van der Waals surface area contributed by atoms with Crippen LogP contribution < -0.4 is 0 Å². The Balaban J connectivity index is 2.58. The van der Waals surface area contributed by atoms with Gasteiger partial charge in [0.15, 0.2) is 0 Å². The molecule has 1 nitrogen and oxygen atoms in total. The van der Waals surface area contributed by atoms with Gasteiger partial charge in [0.05, 0.1) is 6.10 Å². The van der Waals surface area contributed by atoms with Gasteiger partial charge in [0.1, 0.15) is 6.17 Å². The molecule has 2 heteroatoms. The zero-order valence-corrected chi connectivity index (χ0v) is 8.13. The van der Waals surface area contributed by atoms with Crippen LogP contribution in [0.4, 0.5) is 4.39 Å². The van der Waals surface area contributed by atoms with Gasteiger partial charge in [0.25, 0.3) is 0 Å². The summed E-state index contributed by atoms with van der Waals surface area (Å²) in [7, 11) is 0. The standard InChI is InChI=1S/C10H19FO/c1-6(2)8-4-5-9(12)10(11)7(8)3/h6-10,12H,4-5H2,1-3H3/t7-,8-,9+,10-/m0/s1. The summed E-state index contributed by atoms with van der Waals surface area (Å²) in [6.45, 7) is 6.18. The molecule has 1 aliphatic rings. The number of aliphatic hydroxyl groups excluding tert-OH is 1. The molecule has 72 valence electrons. The second-order valence-corrected chi connectivity index (χ2v) is 4.36. The van der Waals surface area contributed by atoms with Crippen LogP contribution in [0, 0.1) is 17.8 Å². The second kappa shape index (κ2) is 3.73. The Morgan fingerprint density at radius 2 is 1.92 bits per heavy atom. The molecule has 0 bridgehead atoms. The highest BCUT2D eigenvalue weighted by atomic mass is 19.1. The van der Waals surface area contributed by atoms with Crippen LogP contribution in [0.5, 0.6) is 0 Å². The molecular weight excluding hydrogens is 155 g/mol. The van der Waals surface area contributed by atoms with Gasteiger partial charge in [-0.05, 0) is 30.6 Å². The van der Waals surface area contributed by atoms with Crippen molar-refractivity contribution in [1.29, 1.82) is 0 Å². The van der Waals surface area contributed by atoms with Gasteiger partial charge in [0, 0.05) is 0 Å². The highest BCUT2D eigenvalue weighted by Gasteiger charge is 2.37. The monoisotopic (exact) mass is 174 g/mol. The molecule has 1 saturated carbocycles. The van der Waals surface area contributed by atoms with E-state index in [1.54, 1.807) is 0 Å². The van der Waals surface area contributed by atoms with E-state index in [2.05, 4.69) is 13.8 Å². The predicted octanol–water partition coefficient (Wildman–Crippen LogP) is 2.39. The second-order valence-electron chi connectivity index (χ2n) is 4.36. The van der Waals surface area contributed by atoms with E-state index < -0.39 is 12.3 Å².